The second-order valence-corrected chi connectivity index (χ2v) is 3.11. The molecule has 0 heterocycles. The molecule has 78 valence electrons. The zero-order chi connectivity index (χ0) is 11.5. The summed E-state index contributed by atoms with van der Waals surface area (Å²) >= 11 is 0. The third-order valence-corrected chi connectivity index (χ3v) is 2.33. The predicted molar refractivity (Wildman–Crippen MR) is 52.0 cm³/mol. The maximum atomic E-state index is 10.6. The van der Waals surface area contributed by atoms with E-state index in [1.807, 2.05) is 0 Å². The number of rotatable bonds is 3. The molecule has 14 heavy (non-hydrogen) atoms. The summed E-state index contributed by atoms with van der Waals surface area (Å²) in [5.74, 6) is -2.06. The average molecular weight is 198 g/mol. The number of hydrogen-bond donors (Lipinski definition) is 2. The number of carboxylic acid groups (broad SMARTS) is 2. The lowest BCUT2D eigenvalue weighted by atomic mass is 9.99. The fourth-order valence-electron chi connectivity index (χ4n) is 0.883. The highest BCUT2D eigenvalue weighted by Crippen LogP contribution is 2.17. The highest BCUT2D eigenvalue weighted by atomic mass is 16.4. The summed E-state index contributed by atoms with van der Waals surface area (Å²) in [6.45, 7) is 6.11. The number of aliphatic carboxylic acids is 2. The van der Waals surface area contributed by atoms with Gasteiger partial charge in [-0.15, -0.1) is 0 Å². The Morgan fingerprint density at radius 3 is 1.00 bits per heavy atom. The minimum Gasteiger partial charge on any atom is -0.478 e. The van der Waals surface area contributed by atoms with Crippen molar-refractivity contribution in [3.8, 4) is 0 Å². The molecule has 0 amide bonds. The average Bonchev–Trinajstić information content (AvgIpc) is 2.12. The molecule has 0 saturated heterocycles. The molecule has 0 fully saturated rings. The van der Waals surface area contributed by atoms with Gasteiger partial charge in [0.25, 0.3) is 0 Å². The van der Waals surface area contributed by atoms with Crippen molar-refractivity contribution in [1.82, 2.24) is 0 Å². The number of carboxylic acids is 2. The Kier molecular flexibility index (Phi) is 4.08. The van der Waals surface area contributed by atoms with Crippen LogP contribution < -0.4 is 0 Å². The van der Waals surface area contributed by atoms with E-state index in [1.54, 1.807) is 13.8 Å². The van der Waals surface area contributed by atoms with E-state index in [4.69, 9.17) is 10.2 Å². The molecule has 0 unspecified atom stereocenters. The summed E-state index contributed by atoms with van der Waals surface area (Å²) in [4.78, 5) is 21.2. The van der Waals surface area contributed by atoms with Crippen LogP contribution in [0.3, 0.4) is 0 Å². The van der Waals surface area contributed by atoms with Crippen molar-refractivity contribution in [2.45, 2.75) is 27.7 Å². The zero-order valence-electron chi connectivity index (χ0n) is 8.71. The molecule has 0 bridgehead atoms. The van der Waals surface area contributed by atoms with E-state index in [2.05, 4.69) is 0 Å². The molecular weight excluding hydrogens is 184 g/mol. The summed E-state index contributed by atoms with van der Waals surface area (Å²) in [6, 6.07) is 0. The first kappa shape index (κ1) is 12.4. The summed E-state index contributed by atoms with van der Waals surface area (Å²) in [6.07, 6.45) is 0. The fraction of sp³-hybridized carbons (Fsp3) is 0.400. The van der Waals surface area contributed by atoms with Gasteiger partial charge < -0.3 is 10.2 Å². The van der Waals surface area contributed by atoms with Crippen molar-refractivity contribution < 1.29 is 19.8 Å². The van der Waals surface area contributed by atoms with Gasteiger partial charge in [-0.2, -0.15) is 0 Å². The van der Waals surface area contributed by atoms with Crippen LogP contribution in [0.5, 0.6) is 0 Å². The van der Waals surface area contributed by atoms with Gasteiger partial charge in [-0.3, -0.25) is 0 Å². The van der Waals surface area contributed by atoms with Gasteiger partial charge in [-0.1, -0.05) is 0 Å². The van der Waals surface area contributed by atoms with Gasteiger partial charge in [0.2, 0.25) is 0 Å². The lowest BCUT2D eigenvalue weighted by Crippen LogP contribution is -2.04. The molecule has 0 aromatic carbocycles. The minimum atomic E-state index is -1.03. The van der Waals surface area contributed by atoms with E-state index in [9.17, 15) is 9.59 Å². The van der Waals surface area contributed by atoms with Crippen molar-refractivity contribution in [2.75, 3.05) is 0 Å². The van der Waals surface area contributed by atoms with Gasteiger partial charge in [0.15, 0.2) is 0 Å². The Balaban J connectivity index is 5.35. The molecule has 0 spiro atoms. The zero-order valence-corrected chi connectivity index (χ0v) is 8.71. The van der Waals surface area contributed by atoms with Gasteiger partial charge in [0, 0.05) is 11.1 Å². The van der Waals surface area contributed by atoms with E-state index in [-0.39, 0.29) is 11.1 Å². The van der Waals surface area contributed by atoms with Crippen LogP contribution >= 0.6 is 0 Å². The van der Waals surface area contributed by atoms with Crippen molar-refractivity contribution in [3.05, 3.63) is 22.3 Å². The van der Waals surface area contributed by atoms with E-state index >= 15 is 0 Å². The van der Waals surface area contributed by atoms with Gasteiger partial charge in [0.1, 0.15) is 0 Å². The molecule has 0 aliphatic carbocycles. The number of hydrogen-bond acceptors (Lipinski definition) is 2. The third kappa shape index (κ3) is 2.73. The first-order valence-electron chi connectivity index (χ1n) is 4.11. The van der Waals surface area contributed by atoms with Crippen molar-refractivity contribution >= 4 is 11.9 Å². The molecule has 0 aliphatic heterocycles. The lowest BCUT2D eigenvalue weighted by molar-refractivity contribution is -0.133. The highest BCUT2D eigenvalue weighted by Gasteiger charge is 2.11. The first-order chi connectivity index (χ1) is 6.29. The Labute approximate surface area is 82.6 Å². The molecular formula is C10H14O4. The molecule has 4 nitrogen and oxygen atoms in total. The van der Waals surface area contributed by atoms with Crippen LogP contribution in [0.25, 0.3) is 0 Å². The van der Waals surface area contributed by atoms with Crippen LogP contribution in [0.1, 0.15) is 27.7 Å². The minimum absolute atomic E-state index is 0.170. The number of carbonyl (C=O) groups is 2. The third-order valence-electron chi connectivity index (χ3n) is 2.33. The van der Waals surface area contributed by atoms with E-state index in [0.717, 1.165) is 0 Å². The maximum absolute atomic E-state index is 10.6. The van der Waals surface area contributed by atoms with Crippen molar-refractivity contribution in [1.29, 1.82) is 0 Å². The molecule has 0 aromatic rings. The Morgan fingerprint density at radius 2 is 0.857 bits per heavy atom. The van der Waals surface area contributed by atoms with Crippen molar-refractivity contribution in [3.63, 3.8) is 0 Å². The summed E-state index contributed by atoms with van der Waals surface area (Å²) in [5, 5.41) is 17.4. The van der Waals surface area contributed by atoms with Gasteiger partial charge in [0.05, 0.1) is 0 Å². The molecule has 0 saturated carbocycles. The van der Waals surface area contributed by atoms with E-state index in [1.165, 1.54) is 13.8 Å². The number of allylic oxidation sites excluding steroid dienone is 2. The van der Waals surface area contributed by atoms with Gasteiger partial charge >= 0.3 is 11.9 Å². The fourth-order valence-corrected chi connectivity index (χ4v) is 0.883. The molecule has 0 aromatic heterocycles. The van der Waals surface area contributed by atoms with E-state index < -0.39 is 11.9 Å². The highest BCUT2D eigenvalue weighted by molar-refractivity contribution is 5.91. The summed E-state index contributed by atoms with van der Waals surface area (Å²) in [5.41, 5.74) is 1.33. The quantitative estimate of drug-likeness (QED) is 0.536. The van der Waals surface area contributed by atoms with Crippen LogP contribution in [0.4, 0.5) is 0 Å². The molecule has 4 heteroatoms. The van der Waals surface area contributed by atoms with E-state index in [0.29, 0.717) is 11.1 Å². The Bertz CT molecular complexity index is 300. The predicted octanol–water partition coefficient (Wildman–Crippen LogP) is 1.83. The molecule has 0 aliphatic rings. The topological polar surface area (TPSA) is 74.6 Å². The Morgan fingerprint density at radius 1 is 0.643 bits per heavy atom. The van der Waals surface area contributed by atoms with Gasteiger partial charge in [-0.25, -0.2) is 9.59 Å². The van der Waals surface area contributed by atoms with Crippen LogP contribution in [-0.2, 0) is 9.59 Å². The molecule has 0 atom stereocenters. The largest absolute Gasteiger partial charge is 0.478 e. The maximum Gasteiger partial charge on any atom is 0.331 e. The molecule has 2 N–H and O–H groups in total. The Hall–Kier alpha value is -1.58. The van der Waals surface area contributed by atoms with Crippen LogP contribution in [0.15, 0.2) is 22.3 Å². The van der Waals surface area contributed by atoms with Crippen LogP contribution in [0, 0.1) is 0 Å². The smallest absolute Gasteiger partial charge is 0.331 e. The summed E-state index contributed by atoms with van der Waals surface area (Å²) < 4.78 is 0. The lowest BCUT2D eigenvalue weighted by Gasteiger charge is -2.06. The standard InChI is InChI=1S/C10H14O4/c1-5(7(3)9(11)12)6(2)8(4)10(13)14/h1-4H3,(H,11,12)(H,13,14). The van der Waals surface area contributed by atoms with Crippen LogP contribution in [-0.4, -0.2) is 22.2 Å². The van der Waals surface area contributed by atoms with Crippen LogP contribution in [0.2, 0.25) is 0 Å². The second kappa shape index (κ2) is 4.60. The first-order valence-corrected chi connectivity index (χ1v) is 4.11. The van der Waals surface area contributed by atoms with Crippen molar-refractivity contribution in [2.24, 2.45) is 0 Å². The molecule has 0 radical (unpaired) electrons. The van der Waals surface area contributed by atoms with Gasteiger partial charge in [-0.05, 0) is 38.8 Å². The SMILES string of the molecule is CC(C(=O)O)=C(C)C(C)=C(C)C(=O)O. The second-order valence-electron chi connectivity index (χ2n) is 3.11. The summed E-state index contributed by atoms with van der Waals surface area (Å²) in [7, 11) is 0. The molecule has 0 rings (SSSR count). The normalized spacial score (nSPS) is 14.3. The monoisotopic (exact) mass is 198 g/mol.